The molecule has 100 valence electrons. The first-order chi connectivity index (χ1) is 9.04. The SMILES string of the molecule is Cc1nn(CCC(=O)Nc2cccc(N)c2)cc1Cl. The lowest BCUT2D eigenvalue weighted by molar-refractivity contribution is -0.116. The van der Waals surface area contributed by atoms with Gasteiger partial charge in [-0.1, -0.05) is 17.7 Å². The Labute approximate surface area is 116 Å². The maximum atomic E-state index is 11.8. The zero-order valence-corrected chi connectivity index (χ0v) is 11.3. The van der Waals surface area contributed by atoms with Gasteiger partial charge in [-0.25, -0.2) is 0 Å². The van der Waals surface area contributed by atoms with Crippen LogP contribution in [0.5, 0.6) is 0 Å². The summed E-state index contributed by atoms with van der Waals surface area (Å²) in [4.78, 5) is 11.8. The van der Waals surface area contributed by atoms with Crippen LogP contribution < -0.4 is 11.1 Å². The van der Waals surface area contributed by atoms with Crippen molar-refractivity contribution in [3.8, 4) is 0 Å². The van der Waals surface area contributed by atoms with E-state index in [0.29, 0.717) is 29.4 Å². The number of amides is 1. The maximum Gasteiger partial charge on any atom is 0.226 e. The van der Waals surface area contributed by atoms with Crippen molar-refractivity contribution in [3.05, 3.63) is 41.2 Å². The molecule has 0 aliphatic carbocycles. The minimum absolute atomic E-state index is 0.0881. The van der Waals surface area contributed by atoms with Crippen molar-refractivity contribution in [2.45, 2.75) is 19.9 Å². The monoisotopic (exact) mass is 278 g/mol. The molecule has 2 aromatic rings. The molecule has 0 radical (unpaired) electrons. The number of carbonyl (C=O) groups excluding carboxylic acids is 1. The molecule has 0 saturated heterocycles. The van der Waals surface area contributed by atoms with Crippen molar-refractivity contribution in [1.82, 2.24) is 9.78 Å². The van der Waals surface area contributed by atoms with Crippen molar-refractivity contribution in [2.24, 2.45) is 0 Å². The van der Waals surface area contributed by atoms with Crippen LogP contribution >= 0.6 is 11.6 Å². The Bertz CT molecular complexity index is 575. The summed E-state index contributed by atoms with van der Waals surface area (Å²) in [7, 11) is 0. The smallest absolute Gasteiger partial charge is 0.226 e. The third kappa shape index (κ3) is 3.72. The molecule has 1 aromatic heterocycles. The van der Waals surface area contributed by atoms with Crippen LogP contribution in [0.1, 0.15) is 12.1 Å². The molecule has 0 fully saturated rings. The molecule has 0 saturated carbocycles. The molecular formula is C13H15ClN4O. The second kappa shape index (κ2) is 5.75. The Kier molecular flexibility index (Phi) is 4.06. The summed E-state index contributed by atoms with van der Waals surface area (Å²) in [6.45, 7) is 2.31. The van der Waals surface area contributed by atoms with Gasteiger partial charge in [-0.3, -0.25) is 9.48 Å². The third-order valence-corrected chi connectivity index (χ3v) is 3.00. The van der Waals surface area contributed by atoms with Gasteiger partial charge in [-0.15, -0.1) is 0 Å². The van der Waals surface area contributed by atoms with Crippen LogP contribution in [0.15, 0.2) is 30.5 Å². The fourth-order valence-corrected chi connectivity index (χ4v) is 1.81. The second-order valence-corrected chi connectivity index (χ2v) is 4.66. The first kappa shape index (κ1) is 13.4. The van der Waals surface area contributed by atoms with E-state index in [-0.39, 0.29) is 5.91 Å². The van der Waals surface area contributed by atoms with Crippen LogP contribution in [0.25, 0.3) is 0 Å². The second-order valence-electron chi connectivity index (χ2n) is 4.25. The Morgan fingerprint density at radius 2 is 2.32 bits per heavy atom. The van der Waals surface area contributed by atoms with E-state index < -0.39 is 0 Å². The quantitative estimate of drug-likeness (QED) is 0.844. The summed E-state index contributed by atoms with van der Waals surface area (Å²) in [5.41, 5.74) is 7.71. The Morgan fingerprint density at radius 1 is 1.53 bits per heavy atom. The summed E-state index contributed by atoms with van der Waals surface area (Å²) >= 11 is 5.89. The van der Waals surface area contributed by atoms with E-state index in [1.54, 1.807) is 35.1 Å². The molecule has 1 heterocycles. The van der Waals surface area contributed by atoms with Gasteiger partial charge in [0.2, 0.25) is 5.91 Å². The highest BCUT2D eigenvalue weighted by atomic mass is 35.5. The van der Waals surface area contributed by atoms with Gasteiger partial charge in [0.15, 0.2) is 0 Å². The first-order valence-corrected chi connectivity index (χ1v) is 6.27. The number of nitrogens with one attached hydrogen (secondary N) is 1. The van der Waals surface area contributed by atoms with Crippen molar-refractivity contribution in [2.75, 3.05) is 11.1 Å². The minimum atomic E-state index is -0.0881. The predicted octanol–water partition coefficient (Wildman–Crippen LogP) is 2.46. The van der Waals surface area contributed by atoms with Gasteiger partial charge in [0.25, 0.3) is 0 Å². The summed E-state index contributed by atoms with van der Waals surface area (Å²) in [6.07, 6.45) is 2.04. The molecule has 3 N–H and O–H groups in total. The maximum absolute atomic E-state index is 11.8. The number of nitrogens with zero attached hydrogens (tertiary/aromatic N) is 2. The Balaban J connectivity index is 1.88. The van der Waals surface area contributed by atoms with E-state index in [2.05, 4.69) is 10.4 Å². The molecule has 0 aliphatic rings. The van der Waals surface area contributed by atoms with E-state index >= 15 is 0 Å². The summed E-state index contributed by atoms with van der Waals surface area (Å²) in [5.74, 6) is -0.0881. The molecule has 6 heteroatoms. The molecule has 0 spiro atoms. The number of aryl methyl sites for hydroxylation is 2. The number of halogens is 1. The predicted molar refractivity (Wildman–Crippen MR) is 76.1 cm³/mol. The summed E-state index contributed by atoms with van der Waals surface area (Å²) in [6, 6.07) is 7.07. The van der Waals surface area contributed by atoms with E-state index in [1.807, 2.05) is 6.92 Å². The van der Waals surface area contributed by atoms with Gasteiger partial charge < -0.3 is 11.1 Å². The zero-order valence-electron chi connectivity index (χ0n) is 10.6. The zero-order chi connectivity index (χ0) is 13.8. The van der Waals surface area contributed by atoms with E-state index in [9.17, 15) is 4.79 Å². The third-order valence-electron chi connectivity index (χ3n) is 2.62. The average Bonchev–Trinajstić information content (AvgIpc) is 2.66. The van der Waals surface area contributed by atoms with Crippen LogP contribution in [0.2, 0.25) is 5.02 Å². The number of aromatic nitrogens is 2. The lowest BCUT2D eigenvalue weighted by atomic mass is 10.2. The molecule has 5 nitrogen and oxygen atoms in total. The van der Waals surface area contributed by atoms with E-state index in [4.69, 9.17) is 17.3 Å². The number of rotatable bonds is 4. The summed E-state index contributed by atoms with van der Waals surface area (Å²) in [5, 5.41) is 7.58. The minimum Gasteiger partial charge on any atom is -0.399 e. The Hall–Kier alpha value is -2.01. The van der Waals surface area contributed by atoms with Crippen molar-refractivity contribution in [1.29, 1.82) is 0 Å². The molecule has 1 amide bonds. The number of hydrogen-bond donors (Lipinski definition) is 2. The Morgan fingerprint density at radius 3 is 2.95 bits per heavy atom. The number of nitrogens with two attached hydrogens (primary N) is 1. The molecule has 19 heavy (non-hydrogen) atoms. The fraction of sp³-hybridized carbons (Fsp3) is 0.231. The highest BCUT2D eigenvalue weighted by Gasteiger charge is 2.06. The lowest BCUT2D eigenvalue weighted by Gasteiger charge is -2.06. The van der Waals surface area contributed by atoms with Gasteiger partial charge in [-0.2, -0.15) is 5.10 Å². The first-order valence-electron chi connectivity index (χ1n) is 5.89. The van der Waals surface area contributed by atoms with Crippen LogP contribution in [-0.4, -0.2) is 15.7 Å². The number of anilines is 2. The van der Waals surface area contributed by atoms with E-state index in [0.717, 1.165) is 5.69 Å². The number of nitrogen functional groups attached to an aromatic ring is 1. The molecule has 2 rings (SSSR count). The standard InChI is InChI=1S/C13H15ClN4O/c1-9-12(14)8-18(17-9)6-5-13(19)16-11-4-2-3-10(15)7-11/h2-4,7-8H,5-6,15H2,1H3,(H,16,19). The van der Waals surface area contributed by atoms with Crippen LogP contribution in [0, 0.1) is 6.92 Å². The van der Waals surface area contributed by atoms with E-state index in [1.165, 1.54) is 0 Å². The van der Waals surface area contributed by atoms with Crippen molar-refractivity contribution >= 4 is 28.9 Å². The average molecular weight is 279 g/mol. The van der Waals surface area contributed by atoms with Gasteiger partial charge in [0.1, 0.15) is 0 Å². The van der Waals surface area contributed by atoms with Gasteiger partial charge in [-0.05, 0) is 25.1 Å². The molecule has 1 aromatic carbocycles. The van der Waals surface area contributed by atoms with Gasteiger partial charge in [0, 0.05) is 30.5 Å². The largest absolute Gasteiger partial charge is 0.399 e. The molecule has 0 unspecified atom stereocenters. The van der Waals surface area contributed by atoms with Crippen LogP contribution in [-0.2, 0) is 11.3 Å². The topological polar surface area (TPSA) is 72.9 Å². The normalized spacial score (nSPS) is 10.4. The molecular weight excluding hydrogens is 264 g/mol. The highest BCUT2D eigenvalue weighted by Crippen LogP contribution is 2.13. The van der Waals surface area contributed by atoms with Crippen molar-refractivity contribution in [3.63, 3.8) is 0 Å². The van der Waals surface area contributed by atoms with Gasteiger partial charge in [0.05, 0.1) is 10.7 Å². The van der Waals surface area contributed by atoms with Crippen molar-refractivity contribution < 1.29 is 4.79 Å². The molecule has 0 bridgehead atoms. The van der Waals surface area contributed by atoms with Gasteiger partial charge >= 0.3 is 0 Å². The molecule has 0 aliphatic heterocycles. The fourth-order valence-electron chi connectivity index (χ4n) is 1.66. The number of carbonyl (C=O) groups is 1. The lowest BCUT2D eigenvalue weighted by Crippen LogP contribution is -2.14. The summed E-state index contributed by atoms with van der Waals surface area (Å²) < 4.78 is 1.66. The number of benzene rings is 1. The number of hydrogen-bond acceptors (Lipinski definition) is 3. The van der Waals surface area contributed by atoms with Crippen LogP contribution in [0.4, 0.5) is 11.4 Å². The molecule has 0 atom stereocenters. The van der Waals surface area contributed by atoms with Crippen LogP contribution in [0.3, 0.4) is 0 Å². The highest BCUT2D eigenvalue weighted by molar-refractivity contribution is 6.31.